The summed E-state index contributed by atoms with van der Waals surface area (Å²) in [7, 11) is 0. The van der Waals surface area contributed by atoms with Crippen LogP contribution in [0.4, 0.5) is 13.2 Å². The fraction of sp³-hybridized carbons (Fsp3) is 0.520. The highest BCUT2D eigenvalue weighted by Gasteiger charge is 2.48. The molecule has 8 nitrogen and oxygen atoms in total. The number of ether oxygens (including phenoxy) is 3. The molecule has 4 unspecified atom stereocenters. The van der Waals surface area contributed by atoms with Gasteiger partial charge < -0.3 is 24.3 Å². The molecule has 12 heteroatoms. The van der Waals surface area contributed by atoms with E-state index in [1.807, 2.05) is 24.3 Å². The lowest BCUT2D eigenvalue weighted by molar-refractivity contribution is -0.147. The summed E-state index contributed by atoms with van der Waals surface area (Å²) in [5.74, 6) is 0.222. The number of nitrogens with zero attached hydrogens (tertiary/aromatic N) is 3. The normalized spacial score (nSPS) is 27.2. The molecule has 3 aliphatic rings. The van der Waals surface area contributed by atoms with E-state index in [0.717, 1.165) is 11.1 Å². The second kappa shape index (κ2) is 9.70. The summed E-state index contributed by atoms with van der Waals surface area (Å²) >= 11 is 6.55. The highest BCUT2D eigenvalue weighted by Crippen LogP contribution is 2.34. The van der Waals surface area contributed by atoms with Crippen LogP contribution in [0.1, 0.15) is 24.3 Å². The molecule has 1 aromatic carbocycles. The third-order valence-electron chi connectivity index (χ3n) is 7.30. The van der Waals surface area contributed by atoms with Gasteiger partial charge in [-0.3, -0.25) is 4.90 Å². The van der Waals surface area contributed by atoms with Crippen molar-refractivity contribution < 1.29 is 32.5 Å². The minimum absolute atomic E-state index is 0.214. The maximum Gasteiger partial charge on any atom is 0.401 e. The summed E-state index contributed by atoms with van der Waals surface area (Å²) in [6.45, 7) is 0.515. The number of hydrogen-bond acceptors (Lipinski definition) is 7. The van der Waals surface area contributed by atoms with E-state index in [9.17, 15) is 18.3 Å². The Balaban J connectivity index is 1.14. The molecule has 198 valence electrons. The lowest BCUT2D eigenvalue weighted by Crippen LogP contribution is -2.39. The number of halogens is 4. The molecule has 3 aliphatic heterocycles. The Morgan fingerprint density at radius 3 is 2.54 bits per heavy atom. The van der Waals surface area contributed by atoms with Gasteiger partial charge >= 0.3 is 6.18 Å². The highest BCUT2D eigenvalue weighted by atomic mass is 35.5. The Hall–Kier alpha value is -2.44. The van der Waals surface area contributed by atoms with Crippen LogP contribution in [-0.4, -0.2) is 88.4 Å². The molecule has 0 amide bonds. The molecule has 2 N–H and O–H groups in total. The fourth-order valence-electron chi connectivity index (χ4n) is 5.43. The number of piperidine rings is 1. The lowest BCUT2D eigenvalue weighted by atomic mass is 9.89. The van der Waals surface area contributed by atoms with Crippen molar-refractivity contribution in [3.05, 3.63) is 40.9 Å². The largest absolute Gasteiger partial charge is 0.456 e. The van der Waals surface area contributed by atoms with E-state index in [2.05, 4.69) is 15.0 Å². The van der Waals surface area contributed by atoms with Crippen LogP contribution in [0.15, 0.2) is 30.3 Å². The number of imidazole rings is 1. The first-order valence-corrected chi connectivity index (χ1v) is 12.6. The predicted octanol–water partition coefficient (Wildman–Crippen LogP) is 3.93. The van der Waals surface area contributed by atoms with Crippen LogP contribution in [0.25, 0.3) is 22.4 Å². The van der Waals surface area contributed by atoms with Crippen molar-refractivity contribution in [1.82, 2.24) is 19.9 Å². The molecule has 0 spiro atoms. The van der Waals surface area contributed by atoms with Crippen molar-refractivity contribution in [3.8, 4) is 17.3 Å². The molecule has 3 fully saturated rings. The molecule has 2 aromatic heterocycles. The first-order chi connectivity index (χ1) is 17.7. The summed E-state index contributed by atoms with van der Waals surface area (Å²) in [6.07, 6.45) is -4.60. The fourth-order valence-corrected chi connectivity index (χ4v) is 5.69. The van der Waals surface area contributed by atoms with Crippen molar-refractivity contribution in [2.45, 2.75) is 49.4 Å². The third kappa shape index (κ3) is 5.15. The maximum absolute atomic E-state index is 12.7. The number of alkyl halides is 3. The maximum atomic E-state index is 12.7. The van der Waals surface area contributed by atoms with Crippen LogP contribution in [-0.2, 0) is 9.47 Å². The summed E-state index contributed by atoms with van der Waals surface area (Å²) in [6, 6.07) is 9.86. The Morgan fingerprint density at radius 1 is 1.08 bits per heavy atom. The van der Waals surface area contributed by atoms with Gasteiger partial charge in [-0.1, -0.05) is 35.9 Å². The van der Waals surface area contributed by atoms with Gasteiger partial charge in [-0.15, -0.1) is 0 Å². The molecule has 0 saturated carbocycles. The number of benzene rings is 1. The standard InChI is InChI=1S/C25H26ClF3N4O4/c26-16-9-17-23(32-24(30-17)37-19-11-36-21-18(34)10-35-22(19)21)31-20(16)15-3-1-13(2-4-15)14-5-7-33(8-6-14)12-25(27,28)29/h1-4,9,14,18-19,21-22,34H,5-8,10-12H2,(H,30,31,32). The number of fused-ring (bicyclic) bond motifs is 2. The van der Waals surface area contributed by atoms with Gasteiger partial charge in [0.05, 0.1) is 36.0 Å². The molecule has 4 atom stereocenters. The number of aliphatic hydroxyl groups excluding tert-OH is 1. The van der Waals surface area contributed by atoms with Crippen LogP contribution in [0.3, 0.4) is 0 Å². The quantitative estimate of drug-likeness (QED) is 0.508. The Labute approximate surface area is 215 Å². The molecule has 37 heavy (non-hydrogen) atoms. The van der Waals surface area contributed by atoms with Gasteiger partial charge in [0.25, 0.3) is 6.01 Å². The number of hydrogen-bond donors (Lipinski definition) is 2. The molecule has 5 heterocycles. The summed E-state index contributed by atoms with van der Waals surface area (Å²) in [5, 5.41) is 10.4. The number of rotatable bonds is 5. The minimum atomic E-state index is -4.16. The van der Waals surface area contributed by atoms with Gasteiger partial charge in [0.1, 0.15) is 18.3 Å². The van der Waals surface area contributed by atoms with Crippen LogP contribution in [0.5, 0.6) is 6.01 Å². The number of aromatic nitrogens is 3. The average molecular weight is 539 g/mol. The van der Waals surface area contributed by atoms with Gasteiger partial charge in [0.2, 0.25) is 0 Å². The van der Waals surface area contributed by atoms with Crippen LogP contribution < -0.4 is 4.74 Å². The number of aromatic amines is 1. The first-order valence-electron chi connectivity index (χ1n) is 12.3. The van der Waals surface area contributed by atoms with E-state index in [1.54, 1.807) is 6.07 Å². The van der Waals surface area contributed by atoms with Gasteiger partial charge in [0, 0.05) is 5.56 Å². The SMILES string of the molecule is OC1COC2C(Oc3nc4nc(-c5ccc(C6CCN(CC(F)(F)F)CC6)cc5)c(Cl)cc4[nH]3)COC12. The average Bonchev–Trinajstić information content (AvgIpc) is 3.55. The number of pyridine rings is 1. The van der Waals surface area contributed by atoms with Crippen LogP contribution in [0, 0.1) is 0 Å². The van der Waals surface area contributed by atoms with Crippen LogP contribution in [0.2, 0.25) is 5.02 Å². The van der Waals surface area contributed by atoms with Crippen molar-refractivity contribution in [2.75, 3.05) is 32.8 Å². The minimum Gasteiger partial charge on any atom is -0.456 e. The van der Waals surface area contributed by atoms with E-state index in [-0.39, 0.29) is 31.2 Å². The number of H-pyrrole nitrogens is 1. The number of aliphatic hydroxyl groups is 1. The molecule has 0 radical (unpaired) electrons. The van der Waals surface area contributed by atoms with Gasteiger partial charge in [-0.25, -0.2) is 4.98 Å². The van der Waals surface area contributed by atoms with Crippen molar-refractivity contribution in [3.63, 3.8) is 0 Å². The number of nitrogens with one attached hydrogen (secondary N) is 1. The second-order valence-corrected chi connectivity index (χ2v) is 10.2. The van der Waals surface area contributed by atoms with E-state index in [0.29, 0.717) is 47.8 Å². The van der Waals surface area contributed by atoms with Crippen molar-refractivity contribution in [2.24, 2.45) is 0 Å². The van der Waals surface area contributed by atoms with E-state index in [1.165, 1.54) is 4.90 Å². The molecule has 3 saturated heterocycles. The van der Waals surface area contributed by atoms with Crippen molar-refractivity contribution in [1.29, 1.82) is 0 Å². The predicted molar refractivity (Wildman–Crippen MR) is 129 cm³/mol. The molecular weight excluding hydrogens is 513 g/mol. The molecule has 6 rings (SSSR count). The Morgan fingerprint density at radius 2 is 1.81 bits per heavy atom. The monoisotopic (exact) mass is 538 g/mol. The second-order valence-electron chi connectivity index (χ2n) is 9.84. The third-order valence-corrected chi connectivity index (χ3v) is 7.58. The summed E-state index contributed by atoms with van der Waals surface area (Å²) in [4.78, 5) is 13.6. The summed E-state index contributed by atoms with van der Waals surface area (Å²) < 4.78 is 55.1. The number of likely N-dealkylation sites (tertiary alicyclic amines) is 1. The first kappa shape index (κ1) is 24.9. The van der Waals surface area contributed by atoms with E-state index in [4.69, 9.17) is 25.8 Å². The molecule has 0 bridgehead atoms. The molecule has 0 aliphatic carbocycles. The smallest absolute Gasteiger partial charge is 0.401 e. The summed E-state index contributed by atoms with van der Waals surface area (Å²) in [5.41, 5.74) is 3.55. The van der Waals surface area contributed by atoms with Crippen LogP contribution >= 0.6 is 11.6 Å². The van der Waals surface area contributed by atoms with Crippen molar-refractivity contribution >= 4 is 22.8 Å². The van der Waals surface area contributed by atoms with Gasteiger partial charge in [-0.05, 0) is 43.5 Å². The molecule has 3 aromatic rings. The van der Waals surface area contributed by atoms with E-state index < -0.39 is 31.0 Å². The topological polar surface area (TPSA) is 92.7 Å². The lowest BCUT2D eigenvalue weighted by Gasteiger charge is -2.32. The van der Waals surface area contributed by atoms with Gasteiger partial charge in [0.15, 0.2) is 11.8 Å². The highest BCUT2D eigenvalue weighted by molar-refractivity contribution is 6.33. The zero-order valence-electron chi connectivity index (χ0n) is 19.7. The molecular formula is C25H26ClF3N4O4. The Kier molecular flexibility index (Phi) is 6.52. The Bertz CT molecular complexity index is 1260. The van der Waals surface area contributed by atoms with E-state index >= 15 is 0 Å². The zero-order valence-corrected chi connectivity index (χ0v) is 20.5. The zero-order chi connectivity index (χ0) is 25.7. The van der Waals surface area contributed by atoms with Gasteiger partial charge in [-0.2, -0.15) is 18.2 Å².